The third-order valence-electron chi connectivity index (χ3n) is 5.14. The third-order valence-corrected chi connectivity index (χ3v) is 6.90. The molecule has 0 radical (unpaired) electrons. The summed E-state index contributed by atoms with van der Waals surface area (Å²) in [5.74, 6) is 1.70. The Morgan fingerprint density at radius 1 is 0.824 bits per heavy atom. The minimum absolute atomic E-state index is 0.0109. The molecule has 0 fully saturated rings. The molecule has 0 amide bonds. The molecule has 1 heterocycles. The molecule has 8 heteroatoms. The molecule has 4 aromatic rings. The molecule has 0 saturated heterocycles. The summed E-state index contributed by atoms with van der Waals surface area (Å²) in [7, 11) is 2.15. The third kappa shape index (κ3) is 6.24. The zero-order chi connectivity index (χ0) is 24.6. The Balaban J connectivity index is 0.000000229. The number of hydrogen-bond acceptors (Lipinski definition) is 6. The van der Waals surface area contributed by atoms with Gasteiger partial charge in [0.15, 0.2) is 9.84 Å². The maximum absolute atomic E-state index is 11.4. The quantitative estimate of drug-likeness (QED) is 0.427. The molecule has 0 saturated carbocycles. The minimum atomic E-state index is -3.14. The number of ether oxygens (including phenoxy) is 2. The van der Waals surface area contributed by atoms with Gasteiger partial charge in [0.25, 0.3) is 0 Å². The Morgan fingerprint density at radius 2 is 1.35 bits per heavy atom. The normalized spacial score (nSPS) is 10.8. The highest BCUT2D eigenvalue weighted by Gasteiger charge is 2.11. The van der Waals surface area contributed by atoms with Crippen LogP contribution in [-0.4, -0.2) is 44.7 Å². The highest BCUT2D eigenvalue weighted by molar-refractivity contribution is 7.91. The number of sulfone groups is 1. The molecule has 0 unspecified atom stereocenters. The molecule has 0 spiro atoms. The van der Waals surface area contributed by atoms with E-state index in [0.717, 1.165) is 34.0 Å². The summed E-state index contributed by atoms with van der Waals surface area (Å²) in [6.45, 7) is 0.164. The van der Waals surface area contributed by atoms with E-state index < -0.39 is 9.84 Å². The van der Waals surface area contributed by atoms with Crippen LogP contribution >= 0.6 is 0 Å². The first-order valence-electron chi connectivity index (χ1n) is 10.7. The van der Waals surface area contributed by atoms with Crippen molar-refractivity contribution >= 4 is 9.84 Å². The van der Waals surface area contributed by atoms with Crippen LogP contribution < -0.4 is 15.2 Å². The largest absolute Gasteiger partial charge is 0.497 e. The molecular formula is C26H29N3O4S. The van der Waals surface area contributed by atoms with E-state index in [1.165, 1.54) is 0 Å². The maximum Gasteiger partial charge on any atom is 0.179 e. The van der Waals surface area contributed by atoms with Gasteiger partial charge in [-0.15, -0.1) is 0 Å². The summed E-state index contributed by atoms with van der Waals surface area (Å²) in [6.07, 6.45) is 0. The summed E-state index contributed by atoms with van der Waals surface area (Å²) in [6, 6.07) is 26.3. The Kier molecular flexibility index (Phi) is 8.45. The zero-order valence-electron chi connectivity index (χ0n) is 19.5. The van der Waals surface area contributed by atoms with Crippen LogP contribution in [0, 0.1) is 0 Å². The van der Waals surface area contributed by atoms with Crippen LogP contribution in [0.1, 0.15) is 0 Å². The summed E-state index contributed by atoms with van der Waals surface area (Å²) >= 11 is 0. The summed E-state index contributed by atoms with van der Waals surface area (Å²) in [5, 5.41) is 4.60. The van der Waals surface area contributed by atoms with Crippen molar-refractivity contribution in [1.29, 1.82) is 0 Å². The Morgan fingerprint density at radius 3 is 1.85 bits per heavy atom. The second-order valence-electron chi connectivity index (χ2n) is 7.42. The molecule has 0 aliphatic rings. The highest BCUT2D eigenvalue weighted by atomic mass is 32.2. The van der Waals surface area contributed by atoms with E-state index in [1.807, 2.05) is 60.3 Å². The van der Waals surface area contributed by atoms with Crippen molar-refractivity contribution in [3.05, 3.63) is 84.9 Å². The standard InChI is InChI=1S/C18H18N2O2.C8H11NO2S/c1-20-18(14-6-10-16(22-3)11-7-14)12-17(19-20)13-4-8-15(21-2)9-5-13;9-6-7-12(10,11)8-4-2-1-3-5-8/h4-12H,1-3H3;1-5H,6-7,9H2. The van der Waals surface area contributed by atoms with Crippen molar-refractivity contribution in [2.24, 2.45) is 12.8 Å². The molecule has 7 nitrogen and oxygen atoms in total. The van der Waals surface area contributed by atoms with Gasteiger partial charge in [-0.25, -0.2) is 8.42 Å². The van der Waals surface area contributed by atoms with Crippen molar-refractivity contribution in [1.82, 2.24) is 9.78 Å². The van der Waals surface area contributed by atoms with E-state index in [9.17, 15) is 8.42 Å². The summed E-state index contributed by atoms with van der Waals surface area (Å²) in [4.78, 5) is 0.343. The number of aromatic nitrogens is 2. The van der Waals surface area contributed by atoms with Gasteiger partial charge in [-0.3, -0.25) is 4.68 Å². The van der Waals surface area contributed by atoms with Crippen LogP contribution in [0.25, 0.3) is 22.5 Å². The van der Waals surface area contributed by atoms with Crippen molar-refractivity contribution in [3.8, 4) is 34.0 Å². The van der Waals surface area contributed by atoms with Gasteiger partial charge in [0.05, 0.1) is 36.3 Å². The molecule has 4 rings (SSSR count). The topological polar surface area (TPSA) is 96.4 Å². The Labute approximate surface area is 200 Å². The molecule has 34 heavy (non-hydrogen) atoms. The van der Waals surface area contributed by atoms with E-state index >= 15 is 0 Å². The highest BCUT2D eigenvalue weighted by Crippen LogP contribution is 2.28. The smallest absolute Gasteiger partial charge is 0.179 e. The second-order valence-corrected chi connectivity index (χ2v) is 9.53. The van der Waals surface area contributed by atoms with Crippen molar-refractivity contribution < 1.29 is 17.9 Å². The number of rotatable bonds is 7. The van der Waals surface area contributed by atoms with Crippen LogP contribution in [0.5, 0.6) is 11.5 Å². The first-order chi connectivity index (χ1) is 16.4. The van der Waals surface area contributed by atoms with Gasteiger partial charge in [0.1, 0.15) is 11.5 Å². The number of methoxy groups -OCH3 is 2. The SMILES string of the molecule is COc1ccc(-c2cc(-c3ccc(OC)cc3)n(C)n2)cc1.NCCS(=O)(=O)c1ccccc1. The lowest BCUT2D eigenvalue weighted by atomic mass is 10.1. The first kappa shape index (κ1) is 25.0. The molecule has 178 valence electrons. The van der Waals surface area contributed by atoms with Crippen molar-refractivity contribution in [2.45, 2.75) is 4.90 Å². The van der Waals surface area contributed by atoms with E-state index in [1.54, 1.807) is 44.6 Å². The van der Waals surface area contributed by atoms with Gasteiger partial charge in [0, 0.05) is 24.7 Å². The number of aryl methyl sites for hydroxylation is 1. The predicted octanol–water partition coefficient (Wildman–Crippen LogP) is 4.19. The summed E-state index contributed by atoms with van der Waals surface area (Å²) in [5.41, 5.74) is 9.35. The predicted molar refractivity (Wildman–Crippen MR) is 135 cm³/mol. The second kappa shape index (κ2) is 11.5. The average Bonchev–Trinajstić information content (AvgIpc) is 3.26. The lowest BCUT2D eigenvalue weighted by Gasteiger charge is -2.03. The molecule has 3 aromatic carbocycles. The van der Waals surface area contributed by atoms with Crippen LogP contribution in [0.4, 0.5) is 0 Å². The van der Waals surface area contributed by atoms with Gasteiger partial charge in [-0.1, -0.05) is 18.2 Å². The van der Waals surface area contributed by atoms with Crippen LogP contribution in [0.2, 0.25) is 0 Å². The molecular weight excluding hydrogens is 450 g/mol. The minimum Gasteiger partial charge on any atom is -0.497 e. The Hall–Kier alpha value is -3.62. The van der Waals surface area contributed by atoms with Crippen LogP contribution in [0.15, 0.2) is 89.8 Å². The number of hydrogen-bond donors (Lipinski definition) is 1. The monoisotopic (exact) mass is 479 g/mol. The number of benzene rings is 3. The fraction of sp³-hybridized carbons (Fsp3) is 0.192. The molecule has 1 aromatic heterocycles. The fourth-order valence-corrected chi connectivity index (χ4v) is 4.42. The van der Waals surface area contributed by atoms with Crippen molar-refractivity contribution in [2.75, 3.05) is 26.5 Å². The lowest BCUT2D eigenvalue weighted by molar-refractivity contribution is 0.414. The van der Waals surface area contributed by atoms with Gasteiger partial charge in [-0.05, 0) is 66.7 Å². The molecule has 0 atom stereocenters. The van der Waals surface area contributed by atoms with E-state index in [2.05, 4.69) is 11.2 Å². The first-order valence-corrected chi connectivity index (χ1v) is 12.3. The fourth-order valence-electron chi connectivity index (χ4n) is 3.30. The molecule has 0 aliphatic carbocycles. The molecule has 0 aliphatic heterocycles. The molecule has 0 bridgehead atoms. The number of nitrogens with zero attached hydrogens (tertiary/aromatic N) is 2. The number of nitrogens with two attached hydrogens (primary N) is 1. The molecule has 2 N–H and O–H groups in total. The van der Waals surface area contributed by atoms with Crippen LogP contribution in [-0.2, 0) is 16.9 Å². The van der Waals surface area contributed by atoms with Gasteiger partial charge in [-0.2, -0.15) is 5.10 Å². The van der Waals surface area contributed by atoms with Crippen molar-refractivity contribution in [3.63, 3.8) is 0 Å². The van der Waals surface area contributed by atoms with E-state index in [-0.39, 0.29) is 12.3 Å². The average molecular weight is 480 g/mol. The van der Waals surface area contributed by atoms with E-state index in [4.69, 9.17) is 15.2 Å². The van der Waals surface area contributed by atoms with Crippen LogP contribution in [0.3, 0.4) is 0 Å². The van der Waals surface area contributed by atoms with E-state index in [0.29, 0.717) is 4.90 Å². The Bertz CT molecular complexity index is 1280. The van der Waals surface area contributed by atoms with Gasteiger partial charge in [0.2, 0.25) is 0 Å². The zero-order valence-corrected chi connectivity index (χ0v) is 20.3. The maximum atomic E-state index is 11.4. The lowest BCUT2D eigenvalue weighted by Crippen LogP contribution is -2.15. The van der Waals surface area contributed by atoms with Gasteiger partial charge >= 0.3 is 0 Å². The van der Waals surface area contributed by atoms with Gasteiger partial charge < -0.3 is 15.2 Å². The summed E-state index contributed by atoms with van der Waals surface area (Å²) < 4.78 is 35.0.